The molecule has 2 aromatic carbocycles. The van der Waals surface area contributed by atoms with E-state index < -0.39 is 5.91 Å². The van der Waals surface area contributed by atoms with Crippen molar-refractivity contribution in [2.75, 3.05) is 11.1 Å². The average Bonchev–Trinajstić information content (AvgIpc) is 2.36. The molecule has 0 saturated carbocycles. The fourth-order valence-electron chi connectivity index (χ4n) is 1.73. The molecule has 0 aliphatic carbocycles. The zero-order valence-electron chi connectivity index (χ0n) is 10.4. The first-order valence-electron chi connectivity index (χ1n) is 5.70. The highest BCUT2D eigenvalue weighted by molar-refractivity contribution is 9.10. The van der Waals surface area contributed by atoms with Crippen molar-refractivity contribution in [3.05, 3.63) is 52.0 Å². The lowest BCUT2D eigenvalue weighted by atomic mass is 10.1. The Balaban J connectivity index is 2.36. The van der Waals surface area contributed by atoms with Gasteiger partial charge in [0.15, 0.2) is 0 Å². The van der Waals surface area contributed by atoms with E-state index >= 15 is 0 Å². The molecule has 4 nitrogen and oxygen atoms in total. The molecule has 0 unspecified atom stereocenters. The maximum atomic E-state index is 11.3. The molecule has 0 saturated heterocycles. The van der Waals surface area contributed by atoms with E-state index in [1.54, 1.807) is 12.1 Å². The lowest BCUT2D eigenvalue weighted by Crippen LogP contribution is -2.13. The number of anilines is 3. The van der Waals surface area contributed by atoms with Gasteiger partial charge in [0.1, 0.15) is 0 Å². The van der Waals surface area contributed by atoms with E-state index in [9.17, 15) is 4.79 Å². The van der Waals surface area contributed by atoms with Gasteiger partial charge in [0, 0.05) is 21.5 Å². The van der Waals surface area contributed by atoms with E-state index in [1.807, 2.05) is 31.2 Å². The van der Waals surface area contributed by atoms with Gasteiger partial charge in [-0.25, -0.2) is 0 Å². The van der Waals surface area contributed by atoms with E-state index in [4.69, 9.17) is 11.5 Å². The Morgan fingerprint density at radius 3 is 2.63 bits per heavy atom. The van der Waals surface area contributed by atoms with Crippen LogP contribution in [0, 0.1) is 6.92 Å². The number of nitrogens with two attached hydrogens (primary N) is 2. The third-order valence-electron chi connectivity index (χ3n) is 2.80. The van der Waals surface area contributed by atoms with E-state index in [0.717, 1.165) is 21.4 Å². The summed E-state index contributed by atoms with van der Waals surface area (Å²) in [6.07, 6.45) is 0. The largest absolute Gasteiger partial charge is 0.398 e. The Kier molecular flexibility index (Phi) is 3.76. The van der Waals surface area contributed by atoms with Crippen LogP contribution < -0.4 is 16.8 Å². The molecule has 1 amide bonds. The fraction of sp³-hybridized carbons (Fsp3) is 0.0714. The van der Waals surface area contributed by atoms with Gasteiger partial charge in [-0.1, -0.05) is 22.0 Å². The van der Waals surface area contributed by atoms with Gasteiger partial charge in [-0.3, -0.25) is 4.79 Å². The molecule has 5 N–H and O–H groups in total. The third kappa shape index (κ3) is 3.06. The third-order valence-corrected chi connectivity index (χ3v) is 3.29. The zero-order valence-corrected chi connectivity index (χ0v) is 12.0. The van der Waals surface area contributed by atoms with Crippen molar-refractivity contribution in [1.29, 1.82) is 0 Å². The average molecular weight is 320 g/mol. The number of benzene rings is 2. The normalized spacial score (nSPS) is 10.2. The monoisotopic (exact) mass is 319 g/mol. The van der Waals surface area contributed by atoms with Crippen molar-refractivity contribution < 1.29 is 4.79 Å². The van der Waals surface area contributed by atoms with E-state index in [2.05, 4.69) is 21.2 Å². The van der Waals surface area contributed by atoms with Gasteiger partial charge in [-0.2, -0.15) is 0 Å². The molecule has 0 spiro atoms. The Hall–Kier alpha value is -2.01. The highest BCUT2D eigenvalue weighted by Gasteiger charge is 2.07. The predicted molar refractivity (Wildman–Crippen MR) is 81.5 cm³/mol. The number of primary amides is 1. The minimum Gasteiger partial charge on any atom is -0.398 e. The predicted octanol–water partition coefficient (Wildman–Crippen LogP) is 3.18. The Labute approximate surface area is 119 Å². The van der Waals surface area contributed by atoms with Gasteiger partial charge < -0.3 is 16.8 Å². The molecule has 0 bridgehead atoms. The first-order valence-corrected chi connectivity index (χ1v) is 6.49. The molecule has 98 valence electrons. The van der Waals surface area contributed by atoms with Crippen LogP contribution in [0.3, 0.4) is 0 Å². The van der Waals surface area contributed by atoms with Crippen molar-refractivity contribution in [3.63, 3.8) is 0 Å². The second-order valence-electron chi connectivity index (χ2n) is 4.25. The summed E-state index contributed by atoms with van der Waals surface area (Å²) in [6.45, 7) is 2.00. The van der Waals surface area contributed by atoms with Gasteiger partial charge >= 0.3 is 0 Å². The fourth-order valence-corrected chi connectivity index (χ4v) is 2.09. The zero-order chi connectivity index (χ0) is 14.0. The van der Waals surface area contributed by atoms with Gasteiger partial charge in [-0.05, 0) is 42.8 Å². The summed E-state index contributed by atoms with van der Waals surface area (Å²) in [5.74, 6) is -0.535. The van der Waals surface area contributed by atoms with Gasteiger partial charge in [0.05, 0.1) is 5.56 Å². The number of hydrogen-bond acceptors (Lipinski definition) is 3. The molecule has 0 aliphatic heterocycles. The highest BCUT2D eigenvalue weighted by Crippen LogP contribution is 2.26. The Bertz CT molecular complexity index is 641. The molecular formula is C14H14BrN3O. The number of hydrogen-bond donors (Lipinski definition) is 3. The van der Waals surface area contributed by atoms with Crippen LogP contribution in [0.2, 0.25) is 0 Å². The Morgan fingerprint density at radius 2 is 1.95 bits per heavy atom. The summed E-state index contributed by atoms with van der Waals surface area (Å²) in [5.41, 5.74) is 14.5. The van der Waals surface area contributed by atoms with Crippen molar-refractivity contribution in [2.24, 2.45) is 5.73 Å². The lowest BCUT2D eigenvalue weighted by molar-refractivity contribution is 0.100. The van der Waals surface area contributed by atoms with E-state index in [0.29, 0.717) is 11.3 Å². The number of halogens is 1. The van der Waals surface area contributed by atoms with Crippen LogP contribution in [0.4, 0.5) is 17.1 Å². The van der Waals surface area contributed by atoms with E-state index in [-0.39, 0.29) is 0 Å². The van der Waals surface area contributed by atoms with Crippen molar-refractivity contribution >= 4 is 38.9 Å². The number of carbonyl (C=O) groups is 1. The summed E-state index contributed by atoms with van der Waals surface area (Å²) in [5, 5.41) is 3.24. The van der Waals surface area contributed by atoms with Gasteiger partial charge in [0.25, 0.3) is 5.91 Å². The SMILES string of the molecule is Cc1ccc(Br)cc1Nc1ccc(N)c(C(N)=O)c1. The molecule has 0 aromatic heterocycles. The highest BCUT2D eigenvalue weighted by atomic mass is 79.9. The molecular weight excluding hydrogens is 306 g/mol. The van der Waals surface area contributed by atoms with Crippen LogP contribution in [-0.2, 0) is 0 Å². The minimum absolute atomic E-state index is 0.317. The number of rotatable bonds is 3. The van der Waals surface area contributed by atoms with E-state index in [1.165, 1.54) is 0 Å². The van der Waals surface area contributed by atoms with Crippen molar-refractivity contribution in [2.45, 2.75) is 6.92 Å². The van der Waals surface area contributed by atoms with Crippen LogP contribution >= 0.6 is 15.9 Å². The standard InChI is InChI=1S/C14H14BrN3O/c1-8-2-3-9(15)6-13(8)18-10-4-5-12(16)11(7-10)14(17)19/h2-7,18H,16H2,1H3,(H2,17,19). The number of amides is 1. The number of carbonyl (C=O) groups excluding carboxylic acids is 1. The molecule has 19 heavy (non-hydrogen) atoms. The molecule has 5 heteroatoms. The second kappa shape index (κ2) is 5.32. The number of aryl methyl sites for hydroxylation is 1. The summed E-state index contributed by atoms with van der Waals surface area (Å²) >= 11 is 3.42. The van der Waals surface area contributed by atoms with Gasteiger partial charge in [0.2, 0.25) is 0 Å². The van der Waals surface area contributed by atoms with Crippen LogP contribution in [-0.4, -0.2) is 5.91 Å². The molecule has 0 radical (unpaired) electrons. The first-order chi connectivity index (χ1) is 8.97. The quantitative estimate of drug-likeness (QED) is 0.760. The van der Waals surface area contributed by atoms with Crippen LogP contribution in [0.15, 0.2) is 40.9 Å². The molecule has 2 aromatic rings. The first kappa shape index (κ1) is 13.4. The summed E-state index contributed by atoms with van der Waals surface area (Å²) in [4.78, 5) is 11.3. The summed E-state index contributed by atoms with van der Waals surface area (Å²) in [6, 6.07) is 11.1. The summed E-state index contributed by atoms with van der Waals surface area (Å²) < 4.78 is 0.978. The second-order valence-corrected chi connectivity index (χ2v) is 5.17. The maximum absolute atomic E-state index is 11.3. The van der Waals surface area contributed by atoms with Crippen LogP contribution in [0.25, 0.3) is 0 Å². The van der Waals surface area contributed by atoms with Crippen molar-refractivity contribution in [3.8, 4) is 0 Å². The Morgan fingerprint density at radius 1 is 1.21 bits per heavy atom. The smallest absolute Gasteiger partial charge is 0.250 e. The molecule has 0 aliphatic rings. The number of nitrogen functional groups attached to an aromatic ring is 1. The molecule has 0 fully saturated rings. The molecule has 0 atom stereocenters. The number of nitrogens with one attached hydrogen (secondary N) is 1. The lowest BCUT2D eigenvalue weighted by Gasteiger charge is -2.11. The molecule has 2 rings (SSSR count). The summed E-state index contributed by atoms with van der Waals surface area (Å²) in [7, 11) is 0. The van der Waals surface area contributed by atoms with Crippen LogP contribution in [0.1, 0.15) is 15.9 Å². The van der Waals surface area contributed by atoms with Crippen LogP contribution in [0.5, 0.6) is 0 Å². The topological polar surface area (TPSA) is 81.1 Å². The maximum Gasteiger partial charge on any atom is 0.250 e. The van der Waals surface area contributed by atoms with Crippen molar-refractivity contribution in [1.82, 2.24) is 0 Å². The van der Waals surface area contributed by atoms with Gasteiger partial charge in [-0.15, -0.1) is 0 Å². The molecule has 0 heterocycles. The minimum atomic E-state index is -0.535.